The average Bonchev–Trinajstić information content (AvgIpc) is 3.16. The molecule has 0 bridgehead atoms. The van der Waals surface area contributed by atoms with Crippen LogP contribution in [0, 0.1) is 0 Å². The van der Waals surface area contributed by atoms with Crippen molar-refractivity contribution in [2.24, 2.45) is 0 Å². The minimum Gasteiger partial charge on any atom is -0.423 e. The molecule has 8 aromatic rings. The summed E-state index contributed by atoms with van der Waals surface area (Å²) >= 11 is 15.0. The zero-order valence-corrected chi connectivity index (χ0v) is 30.0. The van der Waals surface area contributed by atoms with Gasteiger partial charge in [-0.25, -0.2) is 0 Å². The molecule has 0 aromatic heterocycles. The van der Waals surface area contributed by atoms with Gasteiger partial charge in [0.15, 0.2) is 0 Å². The predicted octanol–water partition coefficient (Wildman–Crippen LogP) is 12.8. The highest BCUT2D eigenvalue weighted by Crippen LogP contribution is 2.28. The van der Waals surface area contributed by atoms with E-state index in [9.17, 15) is 0 Å². The number of fused-ring (bicyclic) bond motifs is 2. The summed E-state index contributed by atoms with van der Waals surface area (Å²) in [5, 5.41) is 23.7. The first-order chi connectivity index (χ1) is 24.3. The predicted molar refractivity (Wildman–Crippen MR) is 225 cm³/mol. The minimum absolute atomic E-state index is 0. The van der Waals surface area contributed by atoms with E-state index in [2.05, 4.69) is 149 Å². The second kappa shape index (κ2) is 18.0. The van der Waals surface area contributed by atoms with Crippen molar-refractivity contribution in [3.8, 4) is 33.4 Å². The Morgan fingerprint density at radius 3 is 1.10 bits per heavy atom. The fourth-order valence-corrected chi connectivity index (χ4v) is 6.03. The van der Waals surface area contributed by atoms with Crippen LogP contribution >= 0.6 is 39.1 Å². The molecule has 51 heavy (non-hydrogen) atoms. The molecule has 0 atom stereocenters. The van der Waals surface area contributed by atoms with E-state index in [-0.39, 0.29) is 7.43 Å². The first-order valence-corrected chi connectivity index (χ1v) is 17.6. The molecule has 0 unspecified atom stereocenters. The fourth-order valence-electron chi connectivity index (χ4n) is 5.51. The Balaban J connectivity index is 0.000000159. The number of halogens is 3. The van der Waals surface area contributed by atoms with Crippen LogP contribution in [-0.4, -0.2) is 17.2 Å². The zero-order valence-electron chi connectivity index (χ0n) is 26.9. The second-order valence-corrected chi connectivity index (χ2v) is 13.4. The largest absolute Gasteiger partial charge is 0.488 e. The van der Waals surface area contributed by atoms with Crippen molar-refractivity contribution in [2.75, 3.05) is 0 Å². The number of benzene rings is 8. The van der Waals surface area contributed by atoms with E-state index >= 15 is 0 Å². The van der Waals surface area contributed by atoms with Crippen LogP contribution in [0.5, 0.6) is 0 Å². The Morgan fingerprint density at radius 2 is 0.686 bits per heavy atom. The summed E-state index contributed by atoms with van der Waals surface area (Å²) in [6, 6.07) is 61.4. The van der Waals surface area contributed by atoms with E-state index in [1.165, 1.54) is 54.9 Å². The molecule has 0 aliphatic rings. The summed E-state index contributed by atoms with van der Waals surface area (Å²) in [5.41, 5.74) is 7.81. The molecule has 0 spiro atoms. The number of hydrogen-bond donors (Lipinski definition) is 2. The summed E-state index contributed by atoms with van der Waals surface area (Å²) in [6.45, 7) is 0. The van der Waals surface area contributed by atoms with Crippen LogP contribution in [0.25, 0.3) is 54.9 Å². The molecule has 0 saturated heterocycles. The van der Waals surface area contributed by atoms with Crippen molar-refractivity contribution < 1.29 is 10.0 Å². The third-order valence-electron chi connectivity index (χ3n) is 8.24. The maximum atomic E-state index is 8.63. The number of hydrogen-bond acceptors (Lipinski definition) is 2. The minimum atomic E-state index is -1.41. The van der Waals surface area contributed by atoms with Crippen molar-refractivity contribution in [2.45, 2.75) is 7.43 Å². The van der Waals surface area contributed by atoms with Crippen molar-refractivity contribution >= 4 is 73.3 Å². The van der Waals surface area contributed by atoms with Gasteiger partial charge < -0.3 is 10.0 Å². The molecule has 0 fully saturated rings. The first kappa shape index (κ1) is 37.6. The van der Waals surface area contributed by atoms with Gasteiger partial charge in [0.1, 0.15) is 0 Å². The summed E-state index contributed by atoms with van der Waals surface area (Å²) in [7, 11) is -1.41. The van der Waals surface area contributed by atoms with Gasteiger partial charge in [-0.05, 0) is 109 Å². The van der Waals surface area contributed by atoms with Gasteiger partial charge in [0.25, 0.3) is 0 Å². The van der Waals surface area contributed by atoms with Gasteiger partial charge in [-0.3, -0.25) is 0 Å². The standard InChI is InChI=1S/C22H15Cl.C16H11Br.C6H6BClO2.CH4/c23-22-13-11-18(12-14-22)17-5-7-19(8-6-17)21-10-9-16-3-1-2-4-20(16)15-21;17-16-9-7-13(8-10-16)15-6-5-12-3-1-2-4-14(12)11-15;8-6-3-1-5(2-4-6)7(9)10;/h1-15H;1-11H;1-4,9-10H;1H4. The monoisotopic (exact) mass is 768 g/mol. The molecule has 0 amide bonds. The Kier molecular flexibility index (Phi) is 13.3. The van der Waals surface area contributed by atoms with Crippen molar-refractivity contribution in [3.63, 3.8) is 0 Å². The van der Waals surface area contributed by atoms with Crippen molar-refractivity contribution in [1.82, 2.24) is 0 Å². The van der Waals surface area contributed by atoms with E-state index in [1.807, 2.05) is 24.3 Å². The van der Waals surface area contributed by atoms with Gasteiger partial charge in [0, 0.05) is 14.5 Å². The van der Waals surface area contributed by atoms with Crippen LogP contribution in [0.1, 0.15) is 7.43 Å². The molecule has 0 radical (unpaired) electrons. The normalized spacial score (nSPS) is 10.3. The van der Waals surface area contributed by atoms with Crippen LogP contribution in [0.4, 0.5) is 0 Å². The molecular formula is C45H36BBrCl2O2. The lowest BCUT2D eigenvalue weighted by Gasteiger charge is -2.07. The van der Waals surface area contributed by atoms with Crippen molar-refractivity contribution in [3.05, 3.63) is 197 Å². The Bertz CT molecular complexity index is 2310. The quantitative estimate of drug-likeness (QED) is 0.175. The highest BCUT2D eigenvalue weighted by atomic mass is 79.9. The highest BCUT2D eigenvalue weighted by Gasteiger charge is 2.09. The lowest BCUT2D eigenvalue weighted by Crippen LogP contribution is -2.29. The molecule has 2 N–H and O–H groups in total. The summed E-state index contributed by atoms with van der Waals surface area (Å²) in [5.74, 6) is 0. The third kappa shape index (κ3) is 10.2. The van der Waals surface area contributed by atoms with Gasteiger partial charge in [-0.1, -0.05) is 180 Å². The zero-order chi connectivity index (χ0) is 34.9. The highest BCUT2D eigenvalue weighted by molar-refractivity contribution is 9.10. The molecule has 6 heteroatoms. The van der Waals surface area contributed by atoms with Gasteiger partial charge in [-0.2, -0.15) is 0 Å². The van der Waals surface area contributed by atoms with Crippen LogP contribution < -0.4 is 5.46 Å². The molecule has 8 rings (SSSR count). The van der Waals surface area contributed by atoms with Crippen LogP contribution in [0.3, 0.4) is 0 Å². The molecular weight excluding hydrogens is 734 g/mol. The maximum absolute atomic E-state index is 8.63. The Morgan fingerprint density at radius 1 is 0.373 bits per heavy atom. The molecule has 252 valence electrons. The van der Waals surface area contributed by atoms with E-state index in [4.69, 9.17) is 33.2 Å². The van der Waals surface area contributed by atoms with Crippen LogP contribution in [0.2, 0.25) is 10.0 Å². The molecule has 8 aromatic carbocycles. The third-order valence-corrected chi connectivity index (χ3v) is 9.27. The SMILES string of the molecule is Brc1ccc(-c2ccc3ccccc3c2)cc1.C.Clc1ccc(-c2ccc(-c3ccc4ccccc4c3)cc2)cc1.OB(O)c1ccc(Cl)cc1. The maximum Gasteiger partial charge on any atom is 0.488 e. The molecule has 2 nitrogen and oxygen atoms in total. The van der Waals surface area contributed by atoms with E-state index in [0.717, 1.165) is 9.50 Å². The van der Waals surface area contributed by atoms with Crippen molar-refractivity contribution in [1.29, 1.82) is 0 Å². The van der Waals surface area contributed by atoms with Gasteiger partial charge >= 0.3 is 7.12 Å². The second-order valence-electron chi connectivity index (χ2n) is 11.6. The summed E-state index contributed by atoms with van der Waals surface area (Å²) < 4.78 is 1.11. The fraction of sp³-hybridized carbons (Fsp3) is 0.0222. The lowest BCUT2D eigenvalue weighted by molar-refractivity contribution is 0.426. The number of rotatable bonds is 4. The van der Waals surface area contributed by atoms with Gasteiger partial charge in [-0.15, -0.1) is 0 Å². The molecule has 0 heterocycles. The smallest absolute Gasteiger partial charge is 0.423 e. The van der Waals surface area contributed by atoms with E-state index in [1.54, 1.807) is 24.3 Å². The van der Waals surface area contributed by atoms with Gasteiger partial charge in [0.2, 0.25) is 0 Å². The summed E-state index contributed by atoms with van der Waals surface area (Å²) in [6.07, 6.45) is 0. The van der Waals surface area contributed by atoms with Crippen LogP contribution in [0.15, 0.2) is 186 Å². The molecule has 0 saturated carbocycles. The Hall–Kier alpha value is -4.68. The van der Waals surface area contributed by atoms with E-state index < -0.39 is 7.12 Å². The Labute approximate surface area is 318 Å². The molecule has 0 aliphatic heterocycles. The van der Waals surface area contributed by atoms with E-state index in [0.29, 0.717) is 10.5 Å². The topological polar surface area (TPSA) is 40.5 Å². The molecule has 0 aliphatic carbocycles. The average molecular weight is 770 g/mol. The summed E-state index contributed by atoms with van der Waals surface area (Å²) in [4.78, 5) is 0. The van der Waals surface area contributed by atoms with Crippen LogP contribution in [-0.2, 0) is 0 Å². The first-order valence-electron chi connectivity index (χ1n) is 16.0. The lowest BCUT2D eigenvalue weighted by atomic mass is 9.81. The van der Waals surface area contributed by atoms with Gasteiger partial charge in [0.05, 0.1) is 0 Å².